The van der Waals surface area contributed by atoms with E-state index in [2.05, 4.69) is 39.9 Å². The van der Waals surface area contributed by atoms with Crippen molar-refractivity contribution in [2.75, 3.05) is 13.2 Å². The van der Waals surface area contributed by atoms with Crippen LogP contribution in [-0.2, 0) is 4.74 Å². The van der Waals surface area contributed by atoms with Crippen LogP contribution in [-0.4, -0.2) is 24.8 Å². The molecule has 0 fully saturated rings. The number of rotatable bonds is 8. The molecule has 0 aromatic rings. The van der Waals surface area contributed by atoms with E-state index in [9.17, 15) is 0 Å². The zero-order chi connectivity index (χ0) is 11.7. The van der Waals surface area contributed by atoms with Crippen molar-refractivity contribution < 1.29 is 4.74 Å². The molecule has 0 aliphatic rings. The Morgan fingerprint density at radius 1 is 1.13 bits per heavy atom. The Morgan fingerprint density at radius 2 is 1.80 bits per heavy atom. The Hall–Kier alpha value is -0.0800. The van der Waals surface area contributed by atoms with Gasteiger partial charge in [-0.25, -0.2) is 0 Å². The fourth-order valence-electron chi connectivity index (χ4n) is 1.39. The molecular formula is C13H29NO. The lowest BCUT2D eigenvalue weighted by atomic mass is 10.1. The van der Waals surface area contributed by atoms with Gasteiger partial charge in [0.15, 0.2) is 0 Å². The molecule has 0 radical (unpaired) electrons. The van der Waals surface area contributed by atoms with E-state index in [0.717, 1.165) is 13.2 Å². The number of ether oxygens (including phenoxy) is 1. The van der Waals surface area contributed by atoms with Crippen LogP contribution in [0.3, 0.4) is 0 Å². The summed E-state index contributed by atoms with van der Waals surface area (Å²) in [5, 5.41) is 3.55. The monoisotopic (exact) mass is 215 g/mol. The molecule has 2 nitrogen and oxygen atoms in total. The van der Waals surface area contributed by atoms with Gasteiger partial charge in [0, 0.05) is 6.04 Å². The average molecular weight is 215 g/mol. The van der Waals surface area contributed by atoms with Gasteiger partial charge in [0.05, 0.1) is 12.2 Å². The minimum absolute atomic E-state index is 0.0155. The number of hydrogen-bond acceptors (Lipinski definition) is 2. The van der Waals surface area contributed by atoms with Gasteiger partial charge < -0.3 is 10.1 Å². The molecule has 0 heterocycles. The Bertz CT molecular complexity index is 132. The molecule has 92 valence electrons. The summed E-state index contributed by atoms with van der Waals surface area (Å²) in [6, 6.07) is 0.532. The van der Waals surface area contributed by atoms with Crippen molar-refractivity contribution in [3.63, 3.8) is 0 Å². The highest BCUT2D eigenvalue weighted by molar-refractivity contribution is 4.68. The zero-order valence-electron chi connectivity index (χ0n) is 11.2. The highest BCUT2D eigenvalue weighted by Crippen LogP contribution is 2.09. The maximum atomic E-state index is 5.82. The fourth-order valence-corrected chi connectivity index (χ4v) is 1.39. The van der Waals surface area contributed by atoms with Crippen molar-refractivity contribution in [2.24, 2.45) is 0 Å². The van der Waals surface area contributed by atoms with E-state index >= 15 is 0 Å². The second kappa shape index (κ2) is 8.12. The normalized spacial score (nSPS) is 14.2. The molecule has 1 atom stereocenters. The predicted molar refractivity (Wildman–Crippen MR) is 67.3 cm³/mol. The molecular weight excluding hydrogens is 186 g/mol. The molecule has 1 N–H and O–H groups in total. The van der Waals surface area contributed by atoms with Crippen molar-refractivity contribution in [1.29, 1.82) is 0 Å². The molecule has 0 saturated carbocycles. The average Bonchev–Trinajstić information content (AvgIpc) is 2.15. The van der Waals surface area contributed by atoms with Crippen LogP contribution in [0.25, 0.3) is 0 Å². The summed E-state index contributed by atoms with van der Waals surface area (Å²) in [4.78, 5) is 0. The van der Waals surface area contributed by atoms with Crippen molar-refractivity contribution >= 4 is 0 Å². The first-order valence-corrected chi connectivity index (χ1v) is 6.37. The molecule has 2 heteroatoms. The van der Waals surface area contributed by atoms with Gasteiger partial charge in [0.25, 0.3) is 0 Å². The first-order valence-electron chi connectivity index (χ1n) is 6.37. The molecule has 0 aliphatic heterocycles. The number of hydrogen-bond donors (Lipinski definition) is 1. The number of unbranched alkanes of at least 4 members (excludes halogenated alkanes) is 1. The Labute approximate surface area is 95.8 Å². The first kappa shape index (κ1) is 14.9. The van der Waals surface area contributed by atoms with E-state index in [0.29, 0.717) is 6.04 Å². The minimum atomic E-state index is -0.0155. The largest absolute Gasteiger partial charge is 0.374 e. The maximum Gasteiger partial charge on any atom is 0.0626 e. The summed E-state index contributed by atoms with van der Waals surface area (Å²) in [5.74, 6) is 0. The van der Waals surface area contributed by atoms with E-state index in [-0.39, 0.29) is 5.60 Å². The van der Waals surface area contributed by atoms with Gasteiger partial charge in [-0.2, -0.15) is 0 Å². The number of nitrogens with one attached hydrogen (secondary N) is 1. The van der Waals surface area contributed by atoms with Gasteiger partial charge in [0.2, 0.25) is 0 Å². The van der Waals surface area contributed by atoms with Crippen LogP contribution >= 0.6 is 0 Å². The Balaban J connectivity index is 3.78. The fraction of sp³-hybridized carbons (Fsp3) is 1.00. The van der Waals surface area contributed by atoms with Crippen LogP contribution < -0.4 is 5.32 Å². The molecule has 0 amide bonds. The third-order valence-electron chi connectivity index (χ3n) is 2.31. The third kappa shape index (κ3) is 10.2. The summed E-state index contributed by atoms with van der Waals surface area (Å²) in [6.45, 7) is 12.7. The van der Waals surface area contributed by atoms with Gasteiger partial charge in [-0.15, -0.1) is 0 Å². The first-order chi connectivity index (χ1) is 6.99. The molecule has 0 aromatic carbocycles. The molecule has 0 bridgehead atoms. The highest BCUT2D eigenvalue weighted by atomic mass is 16.5. The van der Waals surface area contributed by atoms with Crippen LogP contribution in [0, 0.1) is 0 Å². The summed E-state index contributed by atoms with van der Waals surface area (Å²) in [5.41, 5.74) is -0.0155. The van der Waals surface area contributed by atoms with Crippen LogP contribution in [0.4, 0.5) is 0 Å². The van der Waals surface area contributed by atoms with Gasteiger partial charge >= 0.3 is 0 Å². The maximum absolute atomic E-state index is 5.82. The smallest absolute Gasteiger partial charge is 0.0626 e. The van der Waals surface area contributed by atoms with Crippen LogP contribution in [0.5, 0.6) is 0 Å². The zero-order valence-corrected chi connectivity index (χ0v) is 11.2. The lowest BCUT2D eigenvalue weighted by molar-refractivity contribution is -0.0155. The molecule has 15 heavy (non-hydrogen) atoms. The summed E-state index contributed by atoms with van der Waals surface area (Å²) < 4.78 is 5.82. The summed E-state index contributed by atoms with van der Waals surface area (Å²) in [6.07, 6.45) is 4.97. The van der Waals surface area contributed by atoms with Gasteiger partial charge in [0.1, 0.15) is 0 Å². The van der Waals surface area contributed by atoms with Crippen molar-refractivity contribution in [3.05, 3.63) is 0 Å². The van der Waals surface area contributed by atoms with Crippen molar-refractivity contribution in [3.8, 4) is 0 Å². The van der Waals surface area contributed by atoms with E-state index in [1.165, 1.54) is 25.7 Å². The van der Waals surface area contributed by atoms with Crippen LogP contribution in [0.15, 0.2) is 0 Å². The van der Waals surface area contributed by atoms with E-state index in [1.54, 1.807) is 0 Å². The molecule has 0 aromatic heterocycles. The van der Waals surface area contributed by atoms with E-state index < -0.39 is 0 Å². The molecule has 0 rings (SSSR count). The minimum Gasteiger partial charge on any atom is -0.374 e. The molecule has 1 unspecified atom stereocenters. The summed E-state index contributed by atoms with van der Waals surface area (Å²) in [7, 11) is 0. The lowest BCUT2D eigenvalue weighted by Gasteiger charge is -2.25. The SMILES string of the molecule is CCCCC(COC(C)(C)C)NCCC. The highest BCUT2D eigenvalue weighted by Gasteiger charge is 2.14. The molecule has 0 saturated heterocycles. The van der Waals surface area contributed by atoms with Crippen molar-refractivity contribution in [1.82, 2.24) is 5.32 Å². The predicted octanol–water partition coefficient (Wildman–Crippen LogP) is 3.36. The molecule has 0 aliphatic carbocycles. The Kier molecular flexibility index (Phi) is 8.07. The van der Waals surface area contributed by atoms with Gasteiger partial charge in [-0.05, 0) is 40.2 Å². The van der Waals surface area contributed by atoms with Gasteiger partial charge in [-0.1, -0.05) is 26.7 Å². The topological polar surface area (TPSA) is 21.3 Å². The van der Waals surface area contributed by atoms with Crippen molar-refractivity contribution in [2.45, 2.75) is 71.9 Å². The van der Waals surface area contributed by atoms with Crippen LogP contribution in [0.2, 0.25) is 0 Å². The second-order valence-corrected chi connectivity index (χ2v) is 5.22. The third-order valence-corrected chi connectivity index (χ3v) is 2.31. The lowest BCUT2D eigenvalue weighted by Crippen LogP contribution is -2.37. The standard InChI is InChI=1S/C13H29NO/c1-6-8-9-12(14-10-7-2)11-15-13(3,4)5/h12,14H,6-11H2,1-5H3. The molecule has 0 spiro atoms. The Morgan fingerprint density at radius 3 is 2.27 bits per heavy atom. The summed E-state index contributed by atoms with van der Waals surface area (Å²) >= 11 is 0. The van der Waals surface area contributed by atoms with E-state index in [1.807, 2.05) is 0 Å². The van der Waals surface area contributed by atoms with Crippen LogP contribution in [0.1, 0.15) is 60.3 Å². The van der Waals surface area contributed by atoms with E-state index in [4.69, 9.17) is 4.74 Å². The second-order valence-electron chi connectivity index (χ2n) is 5.22. The quantitative estimate of drug-likeness (QED) is 0.670. The van der Waals surface area contributed by atoms with Gasteiger partial charge in [-0.3, -0.25) is 0 Å².